The summed E-state index contributed by atoms with van der Waals surface area (Å²) in [7, 11) is 1.28. The number of carbonyl (C=O) groups excluding carboxylic acids is 3. The largest absolute Gasteiger partial charge is 0.467 e. The van der Waals surface area contributed by atoms with Crippen LogP contribution in [0.2, 0.25) is 0 Å². The van der Waals surface area contributed by atoms with E-state index < -0.39 is 24.0 Å². The lowest BCUT2D eigenvalue weighted by molar-refractivity contribution is -0.148. The minimum atomic E-state index is -0.578. The zero-order valence-electron chi connectivity index (χ0n) is 17.4. The third-order valence-electron chi connectivity index (χ3n) is 4.87. The quantitative estimate of drug-likeness (QED) is 0.460. The van der Waals surface area contributed by atoms with E-state index in [1.54, 1.807) is 12.1 Å². The number of benzene rings is 1. The first-order valence-corrected chi connectivity index (χ1v) is 9.78. The fourth-order valence-electron chi connectivity index (χ4n) is 3.24. The van der Waals surface area contributed by atoms with Gasteiger partial charge in [0.1, 0.15) is 11.9 Å². The fourth-order valence-corrected chi connectivity index (χ4v) is 3.24. The summed E-state index contributed by atoms with van der Waals surface area (Å²) in [6.07, 6.45) is 1.36. The molecule has 1 fully saturated rings. The van der Waals surface area contributed by atoms with Crippen LogP contribution in [0, 0.1) is 5.82 Å². The molecular formula is C20H25FN4O6. The first kappa shape index (κ1) is 22.3. The lowest BCUT2D eigenvalue weighted by Gasteiger charge is -2.29. The van der Waals surface area contributed by atoms with Crippen molar-refractivity contribution >= 4 is 29.3 Å². The van der Waals surface area contributed by atoms with Gasteiger partial charge in [0.15, 0.2) is 6.61 Å². The molecule has 2 amide bonds. The van der Waals surface area contributed by atoms with Crippen molar-refractivity contribution in [1.29, 1.82) is 0 Å². The van der Waals surface area contributed by atoms with Gasteiger partial charge in [-0.15, -0.1) is 0 Å². The van der Waals surface area contributed by atoms with Crippen molar-refractivity contribution in [2.75, 3.05) is 49.7 Å². The van der Waals surface area contributed by atoms with Crippen molar-refractivity contribution in [3.63, 3.8) is 0 Å². The minimum Gasteiger partial charge on any atom is -0.467 e. The van der Waals surface area contributed by atoms with E-state index in [0.717, 1.165) is 5.70 Å². The highest BCUT2D eigenvalue weighted by molar-refractivity contribution is 5.90. The summed E-state index contributed by atoms with van der Waals surface area (Å²) in [6.45, 7) is 2.60. The van der Waals surface area contributed by atoms with Gasteiger partial charge in [-0.25, -0.2) is 14.0 Å². The maximum absolute atomic E-state index is 14.8. The van der Waals surface area contributed by atoms with Gasteiger partial charge in [0, 0.05) is 32.1 Å². The number of rotatable bonds is 8. The predicted molar refractivity (Wildman–Crippen MR) is 109 cm³/mol. The SMILES string of the molecule is COC(=O)CONC1=CCN(c2ccc(N3C[C@H](CNC(C)=O)OC3=O)cc2F)CC1. The Morgan fingerprint density at radius 2 is 2.16 bits per heavy atom. The second-order valence-corrected chi connectivity index (χ2v) is 7.08. The standard InChI is InChI=1S/C20H25FN4O6/c1-13(26)22-10-16-11-25(20(28)31-16)15-3-4-18(17(21)9-15)24-7-5-14(6-8-24)23-30-12-19(27)29-2/h3-5,9,16,23H,6-8,10-12H2,1-2H3,(H,22,26)/t16-/m0/s1. The summed E-state index contributed by atoms with van der Waals surface area (Å²) in [5.41, 5.74) is 4.30. The van der Waals surface area contributed by atoms with Crippen molar-refractivity contribution in [2.45, 2.75) is 19.4 Å². The molecule has 0 aliphatic carbocycles. The van der Waals surface area contributed by atoms with Crippen LogP contribution in [-0.2, 0) is 23.9 Å². The van der Waals surface area contributed by atoms with Crippen LogP contribution < -0.4 is 20.6 Å². The molecule has 1 atom stereocenters. The molecule has 3 rings (SSSR count). The first-order chi connectivity index (χ1) is 14.9. The van der Waals surface area contributed by atoms with Gasteiger partial charge in [-0.1, -0.05) is 0 Å². The van der Waals surface area contributed by atoms with Gasteiger partial charge in [0.25, 0.3) is 0 Å². The van der Waals surface area contributed by atoms with Crippen LogP contribution in [0.3, 0.4) is 0 Å². The number of esters is 1. The number of nitrogens with one attached hydrogen (secondary N) is 2. The highest BCUT2D eigenvalue weighted by Gasteiger charge is 2.33. The van der Waals surface area contributed by atoms with Crippen LogP contribution in [0.15, 0.2) is 30.0 Å². The third kappa shape index (κ3) is 5.85. The van der Waals surface area contributed by atoms with Crippen molar-refractivity contribution < 1.29 is 33.1 Å². The monoisotopic (exact) mass is 436 g/mol. The summed E-state index contributed by atoms with van der Waals surface area (Å²) in [5.74, 6) is -1.16. The molecule has 0 bridgehead atoms. The van der Waals surface area contributed by atoms with E-state index in [0.29, 0.717) is 30.9 Å². The van der Waals surface area contributed by atoms with Crippen molar-refractivity contribution in [1.82, 2.24) is 10.8 Å². The summed E-state index contributed by atoms with van der Waals surface area (Å²) in [4.78, 5) is 42.4. The number of methoxy groups -OCH3 is 1. The molecule has 31 heavy (non-hydrogen) atoms. The van der Waals surface area contributed by atoms with Crippen molar-refractivity contribution in [3.05, 3.63) is 35.8 Å². The molecule has 10 nitrogen and oxygen atoms in total. The topological polar surface area (TPSA) is 109 Å². The number of amides is 2. The number of cyclic esters (lactones) is 1. The maximum Gasteiger partial charge on any atom is 0.414 e. The van der Waals surface area contributed by atoms with Crippen molar-refractivity contribution in [2.24, 2.45) is 0 Å². The van der Waals surface area contributed by atoms with E-state index in [1.807, 2.05) is 11.0 Å². The average molecular weight is 436 g/mol. The van der Waals surface area contributed by atoms with E-state index >= 15 is 0 Å². The Kier molecular flexibility index (Phi) is 7.29. The smallest absolute Gasteiger partial charge is 0.414 e. The predicted octanol–water partition coefficient (Wildman–Crippen LogP) is 1.08. The van der Waals surface area contributed by atoms with Crippen LogP contribution in [0.25, 0.3) is 0 Å². The number of carbonyl (C=O) groups is 3. The molecule has 1 saturated heterocycles. The van der Waals surface area contributed by atoms with E-state index in [4.69, 9.17) is 9.57 Å². The summed E-state index contributed by atoms with van der Waals surface area (Å²) in [6, 6.07) is 4.59. The Morgan fingerprint density at radius 1 is 1.35 bits per heavy atom. The number of hydrogen-bond donors (Lipinski definition) is 2. The highest BCUT2D eigenvalue weighted by Crippen LogP contribution is 2.29. The van der Waals surface area contributed by atoms with Crippen LogP contribution in [0.5, 0.6) is 0 Å². The number of anilines is 2. The average Bonchev–Trinajstić information content (AvgIpc) is 3.13. The van der Waals surface area contributed by atoms with E-state index in [-0.39, 0.29) is 25.6 Å². The Bertz CT molecular complexity index is 877. The van der Waals surface area contributed by atoms with E-state index in [1.165, 1.54) is 25.0 Å². The number of halogens is 1. The molecule has 2 heterocycles. The minimum absolute atomic E-state index is 0.206. The molecule has 0 radical (unpaired) electrons. The van der Waals surface area contributed by atoms with Crippen LogP contribution >= 0.6 is 0 Å². The molecule has 0 spiro atoms. The lowest BCUT2D eigenvalue weighted by atomic mass is 10.1. The second-order valence-electron chi connectivity index (χ2n) is 7.08. The lowest BCUT2D eigenvalue weighted by Crippen LogP contribution is -2.34. The third-order valence-corrected chi connectivity index (χ3v) is 4.87. The van der Waals surface area contributed by atoms with Crippen LogP contribution in [0.1, 0.15) is 13.3 Å². The number of hydrogen-bond acceptors (Lipinski definition) is 8. The summed E-state index contributed by atoms with van der Waals surface area (Å²) < 4.78 is 24.5. The first-order valence-electron chi connectivity index (χ1n) is 9.78. The Labute approximate surface area is 178 Å². The molecule has 2 aliphatic rings. The Morgan fingerprint density at radius 3 is 2.81 bits per heavy atom. The molecule has 11 heteroatoms. The zero-order chi connectivity index (χ0) is 22.4. The number of ether oxygens (including phenoxy) is 2. The summed E-state index contributed by atoms with van der Waals surface area (Å²) >= 11 is 0. The zero-order valence-corrected chi connectivity index (χ0v) is 17.4. The molecule has 2 N–H and O–H groups in total. The normalized spacial score (nSPS) is 18.4. The van der Waals surface area contributed by atoms with Gasteiger partial charge >= 0.3 is 12.1 Å². The van der Waals surface area contributed by atoms with Gasteiger partial charge < -0.3 is 19.7 Å². The molecule has 1 aromatic carbocycles. The Balaban J connectivity index is 1.57. The van der Waals surface area contributed by atoms with Gasteiger partial charge in [-0.05, 0) is 24.3 Å². The fraction of sp³-hybridized carbons (Fsp3) is 0.450. The summed E-state index contributed by atoms with van der Waals surface area (Å²) in [5, 5.41) is 2.60. The molecule has 2 aliphatic heterocycles. The van der Waals surface area contributed by atoms with E-state index in [9.17, 15) is 18.8 Å². The van der Waals surface area contributed by atoms with Crippen LogP contribution in [-0.4, -0.2) is 64.0 Å². The molecule has 0 unspecified atom stereocenters. The number of nitrogens with zero attached hydrogens (tertiary/aromatic N) is 2. The molecular weight excluding hydrogens is 411 g/mol. The van der Waals surface area contributed by atoms with Crippen molar-refractivity contribution in [3.8, 4) is 0 Å². The number of hydroxylamine groups is 1. The van der Waals surface area contributed by atoms with Gasteiger partial charge in [-0.3, -0.25) is 20.0 Å². The Hall–Kier alpha value is -3.34. The molecule has 168 valence electrons. The van der Waals surface area contributed by atoms with E-state index in [2.05, 4.69) is 15.5 Å². The maximum atomic E-state index is 14.8. The molecule has 0 saturated carbocycles. The van der Waals surface area contributed by atoms with Crippen LogP contribution in [0.4, 0.5) is 20.6 Å². The molecule has 1 aromatic rings. The second kappa shape index (κ2) is 10.1. The van der Waals surface area contributed by atoms with Gasteiger partial charge in [-0.2, -0.15) is 0 Å². The van der Waals surface area contributed by atoms with Gasteiger partial charge in [0.05, 0.1) is 31.6 Å². The van der Waals surface area contributed by atoms with Gasteiger partial charge in [0.2, 0.25) is 5.91 Å². The molecule has 0 aromatic heterocycles. The highest BCUT2D eigenvalue weighted by atomic mass is 19.1.